The summed E-state index contributed by atoms with van der Waals surface area (Å²) in [6.07, 6.45) is -2.53. The van der Waals surface area contributed by atoms with Crippen molar-refractivity contribution in [2.75, 3.05) is 23.3 Å². The predicted molar refractivity (Wildman–Crippen MR) is 52.2 cm³/mol. The standard InChI is InChI=1S/C8H12F2N4/c9-6(10)3-4-13-7-2-1-5(11)8(12)14-7/h1-2,6H,3-4,11H2,(H3,12,13,14). The normalized spacial score (nSPS) is 10.5. The molecule has 6 heteroatoms. The van der Waals surface area contributed by atoms with Gasteiger partial charge in [-0.3, -0.25) is 0 Å². The molecule has 0 atom stereocenters. The molecule has 0 bridgehead atoms. The van der Waals surface area contributed by atoms with Crippen LogP contribution >= 0.6 is 0 Å². The summed E-state index contributed by atoms with van der Waals surface area (Å²) in [6.45, 7) is 0.161. The maximum Gasteiger partial charge on any atom is 0.240 e. The van der Waals surface area contributed by atoms with Crippen molar-refractivity contribution in [3.63, 3.8) is 0 Å². The van der Waals surface area contributed by atoms with E-state index in [0.29, 0.717) is 11.5 Å². The summed E-state index contributed by atoms with van der Waals surface area (Å²) in [6, 6.07) is 3.17. The average molecular weight is 202 g/mol. The molecule has 0 aromatic carbocycles. The van der Waals surface area contributed by atoms with Crippen LogP contribution in [0.15, 0.2) is 12.1 Å². The molecular formula is C8H12F2N4. The highest BCUT2D eigenvalue weighted by Crippen LogP contribution is 2.14. The van der Waals surface area contributed by atoms with E-state index >= 15 is 0 Å². The monoisotopic (exact) mass is 202 g/mol. The van der Waals surface area contributed by atoms with Gasteiger partial charge in [0, 0.05) is 13.0 Å². The third kappa shape index (κ3) is 3.04. The zero-order chi connectivity index (χ0) is 10.6. The van der Waals surface area contributed by atoms with Crippen molar-refractivity contribution in [1.82, 2.24) is 4.98 Å². The Hall–Kier alpha value is -1.59. The lowest BCUT2D eigenvalue weighted by molar-refractivity contribution is 0.142. The summed E-state index contributed by atoms with van der Waals surface area (Å²) in [4.78, 5) is 3.87. The summed E-state index contributed by atoms with van der Waals surface area (Å²) in [7, 11) is 0. The molecule has 0 fully saturated rings. The summed E-state index contributed by atoms with van der Waals surface area (Å²) >= 11 is 0. The number of pyridine rings is 1. The molecule has 1 aromatic heterocycles. The van der Waals surface area contributed by atoms with Gasteiger partial charge in [0.05, 0.1) is 5.69 Å². The topological polar surface area (TPSA) is 77.0 Å². The van der Waals surface area contributed by atoms with Gasteiger partial charge in [-0.1, -0.05) is 0 Å². The molecule has 0 saturated heterocycles. The lowest BCUT2D eigenvalue weighted by Crippen LogP contribution is -2.08. The molecular weight excluding hydrogens is 190 g/mol. The van der Waals surface area contributed by atoms with Gasteiger partial charge >= 0.3 is 0 Å². The van der Waals surface area contributed by atoms with E-state index in [-0.39, 0.29) is 18.8 Å². The van der Waals surface area contributed by atoms with Crippen molar-refractivity contribution in [3.8, 4) is 0 Å². The number of alkyl halides is 2. The van der Waals surface area contributed by atoms with E-state index in [0.717, 1.165) is 0 Å². The van der Waals surface area contributed by atoms with E-state index < -0.39 is 6.43 Å². The van der Waals surface area contributed by atoms with Crippen LogP contribution in [0.1, 0.15) is 6.42 Å². The van der Waals surface area contributed by atoms with Crippen molar-refractivity contribution in [2.24, 2.45) is 0 Å². The van der Waals surface area contributed by atoms with Gasteiger partial charge < -0.3 is 16.8 Å². The van der Waals surface area contributed by atoms with Crippen molar-refractivity contribution >= 4 is 17.3 Å². The molecule has 0 radical (unpaired) electrons. The molecule has 5 N–H and O–H groups in total. The van der Waals surface area contributed by atoms with Gasteiger partial charge in [0.25, 0.3) is 0 Å². The minimum absolute atomic E-state index is 0.161. The average Bonchev–Trinajstić information content (AvgIpc) is 2.10. The van der Waals surface area contributed by atoms with Gasteiger partial charge in [-0.15, -0.1) is 0 Å². The number of halogens is 2. The molecule has 1 heterocycles. The number of anilines is 3. The Morgan fingerprint density at radius 1 is 1.36 bits per heavy atom. The maximum absolute atomic E-state index is 11.8. The van der Waals surface area contributed by atoms with Crippen molar-refractivity contribution in [2.45, 2.75) is 12.8 Å². The number of nitrogens with two attached hydrogens (primary N) is 2. The molecule has 1 aromatic rings. The van der Waals surface area contributed by atoms with Crippen LogP contribution in [0.2, 0.25) is 0 Å². The van der Waals surface area contributed by atoms with E-state index in [1.54, 1.807) is 12.1 Å². The Balaban J connectivity index is 2.47. The second-order valence-corrected chi connectivity index (χ2v) is 2.78. The highest BCUT2D eigenvalue weighted by molar-refractivity contribution is 5.61. The van der Waals surface area contributed by atoms with Crippen LogP contribution in [0.5, 0.6) is 0 Å². The van der Waals surface area contributed by atoms with Gasteiger partial charge in [-0.25, -0.2) is 13.8 Å². The first-order chi connectivity index (χ1) is 6.59. The SMILES string of the molecule is Nc1ccc(NCCC(F)F)nc1N. The molecule has 0 amide bonds. The minimum Gasteiger partial charge on any atom is -0.396 e. The van der Waals surface area contributed by atoms with E-state index in [9.17, 15) is 8.78 Å². The first-order valence-corrected chi connectivity index (χ1v) is 4.13. The van der Waals surface area contributed by atoms with Crippen LogP contribution in [0.4, 0.5) is 26.1 Å². The van der Waals surface area contributed by atoms with E-state index in [4.69, 9.17) is 11.5 Å². The van der Waals surface area contributed by atoms with Crippen LogP contribution in [0.3, 0.4) is 0 Å². The molecule has 0 aliphatic heterocycles. The number of nitrogens with zero attached hydrogens (tertiary/aromatic N) is 1. The van der Waals surface area contributed by atoms with Gasteiger partial charge in [0.2, 0.25) is 6.43 Å². The minimum atomic E-state index is -2.31. The number of rotatable bonds is 4. The number of nitrogen functional groups attached to an aromatic ring is 2. The molecule has 1 rings (SSSR count). The van der Waals surface area contributed by atoms with Crippen LogP contribution in [0.25, 0.3) is 0 Å². The number of hydrogen-bond acceptors (Lipinski definition) is 4. The first kappa shape index (κ1) is 10.5. The Kier molecular flexibility index (Phi) is 3.44. The Morgan fingerprint density at radius 3 is 2.64 bits per heavy atom. The third-order valence-electron chi connectivity index (χ3n) is 1.63. The number of aromatic nitrogens is 1. The predicted octanol–water partition coefficient (Wildman–Crippen LogP) is 1.31. The van der Waals surface area contributed by atoms with Crippen LogP contribution in [0, 0.1) is 0 Å². The second kappa shape index (κ2) is 4.59. The zero-order valence-corrected chi connectivity index (χ0v) is 7.50. The van der Waals surface area contributed by atoms with Gasteiger partial charge in [-0.05, 0) is 12.1 Å². The van der Waals surface area contributed by atoms with Crippen molar-refractivity contribution in [3.05, 3.63) is 12.1 Å². The molecule has 0 unspecified atom stereocenters. The summed E-state index contributed by atoms with van der Waals surface area (Å²) < 4.78 is 23.6. The van der Waals surface area contributed by atoms with Crippen LogP contribution < -0.4 is 16.8 Å². The van der Waals surface area contributed by atoms with Gasteiger partial charge in [0.1, 0.15) is 11.6 Å². The summed E-state index contributed by atoms with van der Waals surface area (Å²) in [5.74, 6) is 0.657. The first-order valence-electron chi connectivity index (χ1n) is 4.13. The van der Waals surface area contributed by atoms with Gasteiger partial charge in [-0.2, -0.15) is 0 Å². The smallest absolute Gasteiger partial charge is 0.240 e. The Bertz CT molecular complexity index is 303. The molecule has 0 aliphatic carbocycles. The maximum atomic E-state index is 11.8. The molecule has 0 spiro atoms. The van der Waals surface area contributed by atoms with E-state index in [1.807, 2.05) is 0 Å². The Labute approximate surface area is 80.3 Å². The fourth-order valence-electron chi connectivity index (χ4n) is 0.893. The fourth-order valence-corrected chi connectivity index (χ4v) is 0.893. The number of nitrogens with one attached hydrogen (secondary N) is 1. The highest BCUT2D eigenvalue weighted by Gasteiger charge is 2.02. The Morgan fingerprint density at radius 2 is 2.07 bits per heavy atom. The second-order valence-electron chi connectivity index (χ2n) is 2.78. The lowest BCUT2D eigenvalue weighted by atomic mass is 10.3. The van der Waals surface area contributed by atoms with Crippen molar-refractivity contribution in [1.29, 1.82) is 0 Å². The van der Waals surface area contributed by atoms with Gasteiger partial charge in [0.15, 0.2) is 0 Å². The van der Waals surface area contributed by atoms with Crippen molar-refractivity contribution < 1.29 is 8.78 Å². The van der Waals surface area contributed by atoms with Crippen LogP contribution in [-0.2, 0) is 0 Å². The quantitative estimate of drug-likeness (QED) is 0.688. The summed E-state index contributed by atoms with van der Waals surface area (Å²) in [5.41, 5.74) is 11.2. The summed E-state index contributed by atoms with van der Waals surface area (Å²) in [5, 5.41) is 2.72. The fraction of sp³-hybridized carbons (Fsp3) is 0.375. The molecule has 14 heavy (non-hydrogen) atoms. The molecule has 78 valence electrons. The lowest BCUT2D eigenvalue weighted by Gasteiger charge is -2.06. The van der Waals surface area contributed by atoms with Crippen LogP contribution in [-0.4, -0.2) is 18.0 Å². The largest absolute Gasteiger partial charge is 0.396 e. The van der Waals surface area contributed by atoms with E-state index in [1.165, 1.54) is 0 Å². The highest BCUT2D eigenvalue weighted by atomic mass is 19.3. The zero-order valence-electron chi connectivity index (χ0n) is 7.50. The molecule has 4 nitrogen and oxygen atoms in total. The third-order valence-corrected chi connectivity index (χ3v) is 1.63. The number of hydrogen-bond donors (Lipinski definition) is 3. The molecule has 0 saturated carbocycles. The van der Waals surface area contributed by atoms with E-state index in [2.05, 4.69) is 10.3 Å². The molecule has 0 aliphatic rings.